The number of hydrogen-bond acceptors (Lipinski definition) is 7. The number of para-hydroxylation sites is 2. The van der Waals surface area contributed by atoms with Crippen LogP contribution in [0.2, 0.25) is 0 Å². The first-order valence-electron chi connectivity index (χ1n) is 17.1. The van der Waals surface area contributed by atoms with Crippen molar-refractivity contribution >= 4 is 51.7 Å². The molecule has 0 fully saturated rings. The van der Waals surface area contributed by atoms with Gasteiger partial charge in [0.15, 0.2) is 12.4 Å². The second kappa shape index (κ2) is 15.6. The number of ketones is 1. The Kier molecular flexibility index (Phi) is 11.3. The Morgan fingerprint density at radius 2 is 1.50 bits per heavy atom. The SMILES string of the molecule is CC(=O)c1ccc(C(=O)N2C[C@H](NC(=O)[C@H](C)N(C)C(=O)OC(C)(C)C)C(=O)N(Cc3c(OCC(F)(F)F)ccc4ccccc34)c3ccccc32)cc1. The maximum Gasteiger partial charge on any atom is 0.422 e. The monoisotopic (exact) mass is 746 g/mol. The van der Waals surface area contributed by atoms with Crippen molar-refractivity contribution in [3.8, 4) is 5.75 Å². The standard InChI is InChI=1S/C40H41F3N4O7/c1-24(45(6)38(52)54-39(3,4)5)35(49)44-31-22-47(36(50)28-17-15-26(16-18-28)25(2)48)33-14-10-9-13-32(33)46(37(31)51)21-30-29-12-8-7-11-27(29)19-20-34(30)53-23-40(41,42)43/h7-20,24,31H,21-23H2,1-6H3,(H,44,49)/t24-,31-/m0/s1. The number of carbonyl (C=O) groups is 5. The van der Waals surface area contributed by atoms with E-state index >= 15 is 0 Å². The topological polar surface area (TPSA) is 126 Å². The number of nitrogens with zero attached hydrogens (tertiary/aromatic N) is 3. The minimum atomic E-state index is -4.64. The van der Waals surface area contributed by atoms with Crippen molar-refractivity contribution in [2.45, 2.75) is 65.0 Å². The Hall–Kier alpha value is -5.92. The van der Waals surface area contributed by atoms with Crippen LogP contribution in [-0.2, 0) is 20.9 Å². The molecule has 0 unspecified atom stereocenters. The van der Waals surface area contributed by atoms with Crippen molar-refractivity contribution in [3.05, 3.63) is 102 Å². The van der Waals surface area contributed by atoms with Crippen LogP contribution in [0.25, 0.3) is 10.8 Å². The summed E-state index contributed by atoms with van der Waals surface area (Å²) < 4.78 is 50.9. The number of anilines is 2. The number of alkyl halides is 3. The number of ether oxygens (including phenoxy) is 2. The largest absolute Gasteiger partial charge is 0.484 e. The zero-order chi connectivity index (χ0) is 39.5. The number of fused-ring (bicyclic) bond motifs is 2. The maximum absolute atomic E-state index is 14.8. The van der Waals surface area contributed by atoms with Crippen LogP contribution < -0.4 is 19.9 Å². The Labute approximate surface area is 310 Å². The van der Waals surface area contributed by atoms with E-state index in [-0.39, 0.29) is 47.1 Å². The molecule has 0 bridgehead atoms. The molecule has 0 spiro atoms. The number of Topliss-reactive ketones (excluding diaryl/α,β-unsaturated/α-hetero) is 1. The number of nitrogens with one attached hydrogen (secondary N) is 1. The van der Waals surface area contributed by atoms with E-state index in [1.165, 1.54) is 61.0 Å². The summed E-state index contributed by atoms with van der Waals surface area (Å²) in [5.41, 5.74) is 0.510. The van der Waals surface area contributed by atoms with Crippen molar-refractivity contribution in [1.29, 1.82) is 0 Å². The Morgan fingerprint density at radius 1 is 0.889 bits per heavy atom. The van der Waals surface area contributed by atoms with Gasteiger partial charge in [-0.05, 0) is 75.7 Å². The summed E-state index contributed by atoms with van der Waals surface area (Å²) in [7, 11) is 1.37. The van der Waals surface area contributed by atoms with Gasteiger partial charge in [-0.3, -0.25) is 24.1 Å². The molecule has 1 heterocycles. The molecule has 11 nitrogen and oxygen atoms in total. The third-order valence-corrected chi connectivity index (χ3v) is 8.84. The van der Waals surface area contributed by atoms with Crippen molar-refractivity contribution in [1.82, 2.24) is 10.2 Å². The Morgan fingerprint density at radius 3 is 2.13 bits per heavy atom. The number of carbonyl (C=O) groups excluding carboxylic acids is 5. The van der Waals surface area contributed by atoms with Crippen LogP contribution in [0.5, 0.6) is 5.75 Å². The van der Waals surface area contributed by atoms with Gasteiger partial charge in [0.25, 0.3) is 11.8 Å². The lowest BCUT2D eigenvalue weighted by molar-refractivity contribution is -0.153. The maximum atomic E-state index is 14.8. The molecule has 54 heavy (non-hydrogen) atoms. The molecule has 4 aromatic rings. The van der Waals surface area contributed by atoms with Gasteiger partial charge in [0.1, 0.15) is 23.4 Å². The zero-order valence-corrected chi connectivity index (χ0v) is 30.7. The highest BCUT2D eigenvalue weighted by Gasteiger charge is 2.39. The van der Waals surface area contributed by atoms with Gasteiger partial charge in [-0.25, -0.2) is 4.79 Å². The molecule has 284 valence electrons. The van der Waals surface area contributed by atoms with E-state index in [2.05, 4.69) is 5.32 Å². The molecule has 0 aliphatic carbocycles. The molecule has 0 radical (unpaired) electrons. The van der Waals surface area contributed by atoms with Crippen LogP contribution in [0.4, 0.5) is 29.3 Å². The quantitative estimate of drug-likeness (QED) is 0.185. The highest BCUT2D eigenvalue weighted by Crippen LogP contribution is 2.38. The van der Waals surface area contributed by atoms with Crippen LogP contribution in [0, 0.1) is 0 Å². The number of benzene rings is 4. The smallest absolute Gasteiger partial charge is 0.422 e. The molecular formula is C40H41F3N4O7. The van der Waals surface area contributed by atoms with Crippen molar-refractivity contribution < 1.29 is 46.6 Å². The molecule has 1 aliphatic rings. The van der Waals surface area contributed by atoms with E-state index in [9.17, 15) is 37.1 Å². The van der Waals surface area contributed by atoms with Crippen LogP contribution in [0.1, 0.15) is 60.9 Å². The van der Waals surface area contributed by atoms with Crippen LogP contribution >= 0.6 is 0 Å². The second-order valence-electron chi connectivity index (χ2n) is 14.0. The fourth-order valence-corrected chi connectivity index (χ4v) is 5.94. The summed E-state index contributed by atoms with van der Waals surface area (Å²) in [4.78, 5) is 71.3. The number of likely N-dealkylation sites (N-methyl/N-ethyl adjacent to an activating group) is 1. The molecule has 2 atom stereocenters. The summed E-state index contributed by atoms with van der Waals surface area (Å²) in [6.45, 7) is 5.63. The van der Waals surface area contributed by atoms with E-state index in [1.807, 2.05) is 0 Å². The van der Waals surface area contributed by atoms with Gasteiger partial charge >= 0.3 is 12.3 Å². The summed E-state index contributed by atoms with van der Waals surface area (Å²) in [6.07, 6.45) is -5.42. The van der Waals surface area contributed by atoms with Gasteiger partial charge in [0, 0.05) is 23.7 Å². The third kappa shape index (κ3) is 8.99. The number of halogens is 3. The molecule has 0 saturated heterocycles. The van der Waals surface area contributed by atoms with E-state index in [1.54, 1.807) is 75.4 Å². The predicted octanol–water partition coefficient (Wildman–Crippen LogP) is 6.92. The van der Waals surface area contributed by atoms with Crippen LogP contribution in [0.15, 0.2) is 84.9 Å². The van der Waals surface area contributed by atoms with Gasteiger partial charge in [0.2, 0.25) is 5.91 Å². The Balaban J connectivity index is 1.60. The van der Waals surface area contributed by atoms with E-state index in [0.29, 0.717) is 16.3 Å². The molecular weight excluding hydrogens is 705 g/mol. The number of rotatable bonds is 9. The van der Waals surface area contributed by atoms with Gasteiger partial charge in [-0.1, -0.05) is 54.6 Å². The number of hydrogen-bond donors (Lipinski definition) is 1. The first kappa shape index (κ1) is 39.3. The average Bonchev–Trinajstić information content (AvgIpc) is 3.23. The van der Waals surface area contributed by atoms with Crippen molar-refractivity contribution in [3.63, 3.8) is 0 Å². The average molecular weight is 747 g/mol. The first-order valence-corrected chi connectivity index (χ1v) is 17.1. The minimum absolute atomic E-state index is 0.104. The van der Waals surface area contributed by atoms with E-state index in [4.69, 9.17) is 9.47 Å². The lowest BCUT2D eigenvalue weighted by atomic mass is 10.0. The fourth-order valence-electron chi connectivity index (χ4n) is 5.94. The second-order valence-corrected chi connectivity index (χ2v) is 14.0. The zero-order valence-electron chi connectivity index (χ0n) is 30.7. The van der Waals surface area contributed by atoms with Gasteiger partial charge < -0.3 is 24.6 Å². The highest BCUT2D eigenvalue weighted by molar-refractivity contribution is 6.13. The van der Waals surface area contributed by atoms with Crippen molar-refractivity contribution in [2.24, 2.45) is 0 Å². The third-order valence-electron chi connectivity index (χ3n) is 8.84. The lowest BCUT2D eigenvalue weighted by Crippen LogP contribution is -2.57. The molecule has 14 heteroatoms. The first-order chi connectivity index (χ1) is 25.3. The summed E-state index contributed by atoms with van der Waals surface area (Å²) >= 11 is 0. The number of amides is 4. The molecule has 5 rings (SSSR count). The molecule has 4 amide bonds. The molecule has 0 saturated carbocycles. The predicted molar refractivity (Wildman–Crippen MR) is 197 cm³/mol. The summed E-state index contributed by atoms with van der Waals surface area (Å²) in [5.74, 6) is -2.27. The summed E-state index contributed by atoms with van der Waals surface area (Å²) in [6, 6.07) is 19.9. The minimum Gasteiger partial charge on any atom is -0.484 e. The normalized spacial score (nSPS) is 15.2. The summed E-state index contributed by atoms with van der Waals surface area (Å²) in [5, 5.41) is 3.92. The Bertz CT molecular complexity index is 2080. The van der Waals surface area contributed by atoms with Crippen LogP contribution in [0.3, 0.4) is 0 Å². The van der Waals surface area contributed by atoms with Crippen LogP contribution in [-0.4, -0.2) is 78.6 Å². The van der Waals surface area contributed by atoms with Gasteiger partial charge in [-0.2, -0.15) is 13.2 Å². The fraction of sp³-hybridized carbons (Fsp3) is 0.325. The van der Waals surface area contributed by atoms with Gasteiger partial charge in [-0.15, -0.1) is 0 Å². The molecule has 1 N–H and O–H groups in total. The highest BCUT2D eigenvalue weighted by atomic mass is 19.4. The molecule has 4 aromatic carbocycles. The van der Waals surface area contributed by atoms with E-state index < -0.39 is 54.3 Å². The molecule has 1 aliphatic heterocycles. The molecule has 0 aromatic heterocycles. The van der Waals surface area contributed by atoms with Crippen molar-refractivity contribution in [2.75, 3.05) is 30.0 Å². The van der Waals surface area contributed by atoms with E-state index in [0.717, 1.165) is 4.90 Å². The van der Waals surface area contributed by atoms with Gasteiger partial charge in [0.05, 0.1) is 24.5 Å². The lowest BCUT2D eigenvalue weighted by Gasteiger charge is -2.30.